The summed E-state index contributed by atoms with van der Waals surface area (Å²) in [6.07, 6.45) is 4.73. The number of benzene rings is 1. The van der Waals surface area contributed by atoms with Crippen molar-refractivity contribution in [1.82, 2.24) is 4.72 Å². The number of rotatable bonds is 8. The maximum Gasteiger partial charge on any atom is 0.338 e. The Morgan fingerprint density at radius 1 is 1.15 bits per heavy atom. The van der Waals surface area contributed by atoms with E-state index < -0.39 is 16.0 Å². The molecule has 0 unspecified atom stereocenters. The Morgan fingerprint density at radius 3 is 2.70 bits per heavy atom. The molecule has 0 amide bonds. The first-order valence-corrected chi connectivity index (χ1v) is 11.4. The van der Waals surface area contributed by atoms with Gasteiger partial charge in [0, 0.05) is 11.4 Å². The number of esters is 1. The Morgan fingerprint density at radius 2 is 1.93 bits per heavy atom. The fourth-order valence-electron chi connectivity index (χ4n) is 3.01. The van der Waals surface area contributed by atoms with Crippen LogP contribution in [0.4, 0.5) is 0 Å². The van der Waals surface area contributed by atoms with Gasteiger partial charge < -0.3 is 4.74 Å². The molecule has 0 saturated heterocycles. The molecule has 6 nitrogen and oxygen atoms in total. The normalized spacial score (nSPS) is 13.4. The van der Waals surface area contributed by atoms with Crippen LogP contribution in [0.15, 0.2) is 30.3 Å². The Hall–Kier alpha value is -2.03. The maximum absolute atomic E-state index is 12.2. The molecule has 144 valence electrons. The summed E-state index contributed by atoms with van der Waals surface area (Å²) in [5.74, 6) is -0.760. The van der Waals surface area contributed by atoms with E-state index in [1.807, 2.05) is 12.1 Å². The standard InChI is InChI=1S/C19H21NO5S2/c1-27(23,24)20-10-9-16-7-8-18(26-16)17(21)12-25-19(22)15-6-5-13-3-2-4-14(13)11-15/h5-8,11,20H,2-4,9-10,12H2,1H3. The molecule has 0 radical (unpaired) electrons. The van der Waals surface area contributed by atoms with Crippen LogP contribution in [0.2, 0.25) is 0 Å². The SMILES string of the molecule is CS(=O)(=O)NCCc1ccc(C(=O)COC(=O)c2ccc3c(c2)CCC3)s1. The molecule has 1 aromatic carbocycles. The topological polar surface area (TPSA) is 89.5 Å². The van der Waals surface area contributed by atoms with Crippen molar-refractivity contribution in [2.45, 2.75) is 25.7 Å². The Bertz CT molecular complexity index is 962. The van der Waals surface area contributed by atoms with Crippen LogP contribution in [0.3, 0.4) is 0 Å². The van der Waals surface area contributed by atoms with E-state index in [1.54, 1.807) is 18.2 Å². The van der Waals surface area contributed by atoms with Crippen LogP contribution in [-0.4, -0.2) is 39.6 Å². The van der Waals surface area contributed by atoms with Crippen LogP contribution < -0.4 is 4.72 Å². The second-order valence-electron chi connectivity index (χ2n) is 6.52. The lowest BCUT2D eigenvalue weighted by atomic mass is 10.1. The van der Waals surface area contributed by atoms with E-state index in [0.717, 1.165) is 30.4 Å². The second-order valence-corrected chi connectivity index (χ2v) is 9.52. The first-order chi connectivity index (χ1) is 12.8. The van der Waals surface area contributed by atoms with Gasteiger partial charge in [-0.15, -0.1) is 11.3 Å². The van der Waals surface area contributed by atoms with Crippen molar-refractivity contribution in [2.24, 2.45) is 0 Å². The second kappa shape index (κ2) is 8.33. The monoisotopic (exact) mass is 407 g/mol. The van der Waals surface area contributed by atoms with Gasteiger partial charge in [-0.3, -0.25) is 4.79 Å². The minimum Gasteiger partial charge on any atom is -0.454 e. The van der Waals surface area contributed by atoms with Gasteiger partial charge in [0.1, 0.15) is 0 Å². The summed E-state index contributed by atoms with van der Waals surface area (Å²) in [6, 6.07) is 9.01. The highest BCUT2D eigenvalue weighted by atomic mass is 32.2. The van der Waals surface area contributed by atoms with Crippen molar-refractivity contribution >= 4 is 33.1 Å². The molecule has 1 aliphatic rings. The fourth-order valence-corrected chi connectivity index (χ4v) is 4.41. The lowest BCUT2D eigenvalue weighted by Crippen LogP contribution is -2.24. The number of aryl methyl sites for hydroxylation is 2. The zero-order valence-corrected chi connectivity index (χ0v) is 16.6. The summed E-state index contributed by atoms with van der Waals surface area (Å²) in [7, 11) is -3.22. The largest absolute Gasteiger partial charge is 0.454 e. The van der Waals surface area contributed by atoms with Gasteiger partial charge >= 0.3 is 5.97 Å². The average Bonchev–Trinajstić information content (AvgIpc) is 3.26. The number of carbonyl (C=O) groups excluding carboxylic acids is 2. The predicted molar refractivity (Wildman–Crippen MR) is 104 cm³/mol. The minimum absolute atomic E-state index is 0.267. The first-order valence-electron chi connectivity index (χ1n) is 8.67. The molecule has 0 spiro atoms. The van der Waals surface area contributed by atoms with E-state index in [4.69, 9.17) is 4.74 Å². The number of sulfonamides is 1. The summed E-state index contributed by atoms with van der Waals surface area (Å²) in [5.41, 5.74) is 2.93. The summed E-state index contributed by atoms with van der Waals surface area (Å²) in [5, 5.41) is 0. The predicted octanol–water partition coefficient (Wildman–Crippen LogP) is 2.37. The zero-order chi connectivity index (χ0) is 19.4. The summed E-state index contributed by atoms with van der Waals surface area (Å²) >= 11 is 1.28. The highest BCUT2D eigenvalue weighted by Gasteiger charge is 2.17. The third-order valence-electron chi connectivity index (χ3n) is 4.34. The zero-order valence-electron chi connectivity index (χ0n) is 15.0. The van der Waals surface area contributed by atoms with Crippen LogP contribution in [-0.2, 0) is 34.0 Å². The molecule has 1 heterocycles. The summed E-state index contributed by atoms with van der Waals surface area (Å²) in [6.45, 7) is -0.0300. The van der Waals surface area contributed by atoms with E-state index in [0.29, 0.717) is 16.9 Å². The molecule has 1 aliphatic carbocycles. The van der Waals surface area contributed by atoms with E-state index in [-0.39, 0.29) is 18.9 Å². The molecule has 0 aliphatic heterocycles. The van der Waals surface area contributed by atoms with Gasteiger partial charge in [0.2, 0.25) is 15.8 Å². The van der Waals surface area contributed by atoms with Crippen molar-refractivity contribution in [3.8, 4) is 0 Å². The smallest absolute Gasteiger partial charge is 0.338 e. The number of carbonyl (C=O) groups is 2. The average molecular weight is 408 g/mol. The van der Waals surface area contributed by atoms with Crippen LogP contribution in [0.25, 0.3) is 0 Å². The number of ether oxygens (including phenoxy) is 1. The molecule has 27 heavy (non-hydrogen) atoms. The summed E-state index contributed by atoms with van der Waals surface area (Å²) in [4.78, 5) is 25.8. The molecule has 8 heteroatoms. The molecular weight excluding hydrogens is 386 g/mol. The quantitative estimate of drug-likeness (QED) is 0.536. The van der Waals surface area contributed by atoms with Gasteiger partial charge in [-0.1, -0.05) is 6.07 Å². The van der Waals surface area contributed by atoms with Gasteiger partial charge in [-0.05, 0) is 61.1 Å². The van der Waals surface area contributed by atoms with Crippen LogP contribution in [0.1, 0.15) is 42.5 Å². The van der Waals surface area contributed by atoms with Crippen LogP contribution >= 0.6 is 11.3 Å². The van der Waals surface area contributed by atoms with Gasteiger partial charge in [-0.2, -0.15) is 0 Å². The van der Waals surface area contributed by atoms with Crippen molar-refractivity contribution in [2.75, 3.05) is 19.4 Å². The number of hydrogen-bond donors (Lipinski definition) is 1. The van der Waals surface area contributed by atoms with Crippen molar-refractivity contribution in [1.29, 1.82) is 0 Å². The highest BCUT2D eigenvalue weighted by molar-refractivity contribution is 7.88. The molecule has 0 atom stereocenters. The molecule has 3 rings (SSSR count). The Kier molecular flexibility index (Phi) is 6.08. The van der Waals surface area contributed by atoms with Crippen molar-refractivity contribution < 1.29 is 22.7 Å². The highest BCUT2D eigenvalue weighted by Crippen LogP contribution is 2.23. The molecule has 1 aromatic heterocycles. The lowest BCUT2D eigenvalue weighted by Gasteiger charge is -2.05. The third-order valence-corrected chi connectivity index (χ3v) is 6.26. The van der Waals surface area contributed by atoms with Crippen LogP contribution in [0.5, 0.6) is 0 Å². The molecule has 0 bridgehead atoms. The third kappa shape index (κ3) is 5.47. The molecule has 2 aromatic rings. The van der Waals surface area contributed by atoms with Gasteiger partial charge in [0.25, 0.3) is 0 Å². The maximum atomic E-state index is 12.2. The number of Topliss-reactive ketones (excluding diaryl/α,β-unsaturated/α-hetero) is 1. The molecule has 0 saturated carbocycles. The van der Waals surface area contributed by atoms with Gasteiger partial charge in [0.15, 0.2) is 6.61 Å². The van der Waals surface area contributed by atoms with E-state index >= 15 is 0 Å². The minimum atomic E-state index is -3.22. The Labute approximate surface area is 162 Å². The van der Waals surface area contributed by atoms with E-state index in [9.17, 15) is 18.0 Å². The number of fused-ring (bicyclic) bond motifs is 1. The van der Waals surface area contributed by atoms with Crippen molar-refractivity contribution in [3.63, 3.8) is 0 Å². The van der Waals surface area contributed by atoms with E-state index in [2.05, 4.69) is 4.72 Å². The van der Waals surface area contributed by atoms with Gasteiger partial charge in [0.05, 0.1) is 16.7 Å². The van der Waals surface area contributed by atoms with Gasteiger partial charge in [-0.25, -0.2) is 17.9 Å². The summed E-state index contributed by atoms with van der Waals surface area (Å²) < 4.78 is 29.7. The molecule has 0 fully saturated rings. The lowest BCUT2D eigenvalue weighted by molar-refractivity contribution is 0.0475. The van der Waals surface area contributed by atoms with E-state index in [1.165, 1.54) is 22.5 Å². The fraction of sp³-hybridized carbons (Fsp3) is 0.368. The number of ketones is 1. The Balaban J connectivity index is 1.51. The van der Waals surface area contributed by atoms with Crippen LogP contribution in [0, 0.1) is 0 Å². The molecular formula is C19H21NO5S2. The molecule has 1 N–H and O–H groups in total. The number of thiophene rings is 1. The number of hydrogen-bond acceptors (Lipinski definition) is 6. The first kappa shape index (κ1) is 19.7. The van der Waals surface area contributed by atoms with Crippen molar-refractivity contribution in [3.05, 3.63) is 56.8 Å². The number of nitrogens with one attached hydrogen (secondary N) is 1.